The van der Waals surface area contributed by atoms with Crippen LogP contribution >= 0.6 is 12.2 Å². The summed E-state index contributed by atoms with van der Waals surface area (Å²) in [4.78, 5) is 2.19. The molecular weight excluding hydrogens is 172 g/mol. The quantitative estimate of drug-likeness (QED) is 0.597. The fourth-order valence-electron chi connectivity index (χ4n) is 1.26. The van der Waals surface area contributed by atoms with Crippen LogP contribution in [0, 0.1) is 0 Å². The monoisotopic (exact) mass is 186 g/mol. The van der Waals surface area contributed by atoms with Gasteiger partial charge in [0.2, 0.25) is 0 Å². The Labute approximate surface area is 78.1 Å². The lowest BCUT2D eigenvalue weighted by Gasteiger charge is -2.29. The van der Waals surface area contributed by atoms with E-state index in [0.717, 1.165) is 31.4 Å². The van der Waals surface area contributed by atoms with Crippen LogP contribution in [0.2, 0.25) is 0 Å². The molecule has 0 bridgehead atoms. The molecule has 3 nitrogen and oxygen atoms in total. The van der Waals surface area contributed by atoms with Crippen molar-refractivity contribution in [3.63, 3.8) is 0 Å². The number of morpholine rings is 1. The lowest BCUT2D eigenvalue weighted by atomic mass is 10.4. The summed E-state index contributed by atoms with van der Waals surface area (Å²) in [6, 6.07) is 0.667. The summed E-state index contributed by atoms with van der Waals surface area (Å²) in [5, 5.41) is 4.24. The van der Waals surface area contributed by atoms with Crippen molar-refractivity contribution >= 4 is 17.3 Å². The Bertz CT molecular complexity index is 176. The Morgan fingerprint density at radius 1 is 1.33 bits per heavy atom. The molecule has 0 spiro atoms. The zero-order valence-electron chi connectivity index (χ0n) is 7.08. The first kappa shape index (κ1) is 8.26. The Kier molecular flexibility index (Phi) is 2.46. The fourth-order valence-corrected chi connectivity index (χ4v) is 1.61. The minimum Gasteiger partial charge on any atom is -0.378 e. The molecule has 12 heavy (non-hydrogen) atoms. The maximum Gasteiger partial charge on any atom is 0.169 e. The van der Waals surface area contributed by atoms with E-state index in [2.05, 4.69) is 10.2 Å². The van der Waals surface area contributed by atoms with Crippen molar-refractivity contribution in [1.29, 1.82) is 0 Å². The van der Waals surface area contributed by atoms with E-state index in [1.807, 2.05) is 0 Å². The summed E-state index contributed by atoms with van der Waals surface area (Å²) < 4.78 is 5.24. The second-order valence-electron chi connectivity index (χ2n) is 3.32. The number of nitrogens with one attached hydrogen (secondary N) is 1. The molecule has 1 aliphatic heterocycles. The van der Waals surface area contributed by atoms with E-state index in [4.69, 9.17) is 17.0 Å². The van der Waals surface area contributed by atoms with E-state index in [1.54, 1.807) is 0 Å². The molecule has 1 N–H and O–H groups in total. The topological polar surface area (TPSA) is 24.5 Å². The van der Waals surface area contributed by atoms with Gasteiger partial charge in [0.05, 0.1) is 13.2 Å². The molecule has 1 saturated heterocycles. The highest BCUT2D eigenvalue weighted by Gasteiger charge is 2.24. The average molecular weight is 186 g/mol. The van der Waals surface area contributed by atoms with Gasteiger partial charge in [-0.05, 0) is 25.1 Å². The summed E-state index contributed by atoms with van der Waals surface area (Å²) in [7, 11) is 0. The average Bonchev–Trinajstić information content (AvgIpc) is 2.90. The lowest BCUT2D eigenvalue weighted by Crippen LogP contribution is -2.46. The lowest BCUT2D eigenvalue weighted by molar-refractivity contribution is 0.0676. The van der Waals surface area contributed by atoms with Crippen molar-refractivity contribution in [2.45, 2.75) is 18.9 Å². The van der Waals surface area contributed by atoms with Crippen molar-refractivity contribution in [3.8, 4) is 0 Å². The van der Waals surface area contributed by atoms with Crippen molar-refractivity contribution in [2.24, 2.45) is 0 Å². The minimum atomic E-state index is 0.667. The van der Waals surface area contributed by atoms with Gasteiger partial charge in [-0.15, -0.1) is 0 Å². The third kappa shape index (κ3) is 2.08. The first-order valence-corrected chi connectivity index (χ1v) is 4.90. The Balaban J connectivity index is 1.76. The molecule has 2 aliphatic rings. The molecule has 0 aromatic rings. The predicted octanol–water partition coefficient (Wildman–Crippen LogP) is 0.355. The highest BCUT2D eigenvalue weighted by atomic mass is 32.1. The third-order valence-electron chi connectivity index (χ3n) is 2.20. The van der Waals surface area contributed by atoms with E-state index < -0.39 is 0 Å². The molecule has 1 heterocycles. The number of hydrogen-bond acceptors (Lipinski definition) is 2. The molecule has 0 radical (unpaired) electrons. The fraction of sp³-hybridized carbons (Fsp3) is 0.875. The number of rotatable bonds is 1. The maximum absolute atomic E-state index is 5.25. The maximum atomic E-state index is 5.25. The summed E-state index contributed by atoms with van der Waals surface area (Å²) in [5.41, 5.74) is 0. The minimum absolute atomic E-state index is 0.667. The van der Waals surface area contributed by atoms with Gasteiger partial charge in [0.25, 0.3) is 0 Å². The second-order valence-corrected chi connectivity index (χ2v) is 3.71. The highest BCUT2D eigenvalue weighted by molar-refractivity contribution is 7.80. The first-order valence-electron chi connectivity index (χ1n) is 4.49. The van der Waals surface area contributed by atoms with Gasteiger partial charge < -0.3 is 15.0 Å². The van der Waals surface area contributed by atoms with Crippen LogP contribution in [0.15, 0.2) is 0 Å². The van der Waals surface area contributed by atoms with Gasteiger partial charge in [-0.1, -0.05) is 0 Å². The van der Waals surface area contributed by atoms with Crippen molar-refractivity contribution in [1.82, 2.24) is 10.2 Å². The standard InChI is InChI=1S/C8H14N2OS/c12-8(9-7-1-2-7)10-3-5-11-6-4-10/h7H,1-6H2,(H,9,12). The highest BCUT2D eigenvalue weighted by Crippen LogP contribution is 2.19. The van der Waals surface area contributed by atoms with Gasteiger partial charge in [-0.2, -0.15) is 0 Å². The zero-order valence-corrected chi connectivity index (χ0v) is 7.90. The molecular formula is C8H14N2OS. The number of ether oxygens (including phenoxy) is 1. The molecule has 2 fully saturated rings. The predicted molar refractivity (Wildman–Crippen MR) is 51.1 cm³/mol. The van der Waals surface area contributed by atoms with Crippen LogP contribution in [0.5, 0.6) is 0 Å². The smallest absolute Gasteiger partial charge is 0.169 e. The molecule has 1 aliphatic carbocycles. The third-order valence-corrected chi connectivity index (χ3v) is 2.58. The largest absolute Gasteiger partial charge is 0.378 e. The van der Waals surface area contributed by atoms with Crippen molar-refractivity contribution < 1.29 is 4.74 Å². The van der Waals surface area contributed by atoms with Crippen LogP contribution in [0.1, 0.15) is 12.8 Å². The summed E-state index contributed by atoms with van der Waals surface area (Å²) in [6.07, 6.45) is 2.56. The van der Waals surface area contributed by atoms with Gasteiger partial charge in [0.1, 0.15) is 0 Å². The Hall–Kier alpha value is -0.350. The number of nitrogens with zero attached hydrogens (tertiary/aromatic N) is 1. The Morgan fingerprint density at radius 3 is 2.58 bits per heavy atom. The summed E-state index contributed by atoms with van der Waals surface area (Å²) in [5.74, 6) is 0. The van der Waals surface area contributed by atoms with Gasteiger partial charge in [-0.3, -0.25) is 0 Å². The molecule has 0 aromatic carbocycles. The van der Waals surface area contributed by atoms with Gasteiger partial charge in [0, 0.05) is 19.1 Å². The first-order chi connectivity index (χ1) is 5.86. The van der Waals surface area contributed by atoms with Crippen LogP contribution in [0.3, 0.4) is 0 Å². The van der Waals surface area contributed by atoms with Gasteiger partial charge in [-0.25, -0.2) is 0 Å². The molecule has 2 rings (SSSR count). The van der Waals surface area contributed by atoms with Gasteiger partial charge >= 0.3 is 0 Å². The van der Waals surface area contributed by atoms with E-state index in [-0.39, 0.29) is 0 Å². The van der Waals surface area contributed by atoms with E-state index in [9.17, 15) is 0 Å². The zero-order chi connectivity index (χ0) is 8.39. The molecule has 68 valence electrons. The molecule has 1 saturated carbocycles. The number of hydrogen-bond donors (Lipinski definition) is 1. The number of thiocarbonyl (C=S) groups is 1. The van der Waals surface area contributed by atoms with Crippen LogP contribution < -0.4 is 5.32 Å². The van der Waals surface area contributed by atoms with E-state index >= 15 is 0 Å². The summed E-state index contributed by atoms with van der Waals surface area (Å²) >= 11 is 5.25. The van der Waals surface area contributed by atoms with Crippen LogP contribution in [-0.2, 0) is 4.74 Å². The SMILES string of the molecule is S=C(NC1CC1)N1CCOCC1. The summed E-state index contributed by atoms with van der Waals surface area (Å²) in [6.45, 7) is 3.51. The van der Waals surface area contributed by atoms with E-state index in [0.29, 0.717) is 6.04 Å². The van der Waals surface area contributed by atoms with E-state index in [1.165, 1.54) is 12.8 Å². The van der Waals surface area contributed by atoms with Crippen LogP contribution in [0.25, 0.3) is 0 Å². The molecule has 0 amide bonds. The molecule has 0 unspecified atom stereocenters. The van der Waals surface area contributed by atoms with Crippen LogP contribution in [0.4, 0.5) is 0 Å². The van der Waals surface area contributed by atoms with Crippen molar-refractivity contribution in [2.75, 3.05) is 26.3 Å². The normalized spacial score (nSPS) is 23.8. The van der Waals surface area contributed by atoms with Crippen LogP contribution in [-0.4, -0.2) is 42.4 Å². The molecule has 0 aromatic heterocycles. The molecule has 4 heteroatoms. The second kappa shape index (κ2) is 3.58. The van der Waals surface area contributed by atoms with Crippen molar-refractivity contribution in [3.05, 3.63) is 0 Å². The van der Waals surface area contributed by atoms with Gasteiger partial charge in [0.15, 0.2) is 5.11 Å². The Morgan fingerprint density at radius 2 is 2.00 bits per heavy atom. The molecule has 0 atom stereocenters.